The molecule has 0 radical (unpaired) electrons. The number of nitrogens with two attached hydrogens (primary N) is 2. The first-order valence-corrected chi connectivity index (χ1v) is 13.1. The quantitative estimate of drug-likeness (QED) is 0.291. The van der Waals surface area contributed by atoms with Gasteiger partial charge in [0.15, 0.2) is 24.8 Å². The van der Waals surface area contributed by atoms with Gasteiger partial charge in [-0.1, -0.05) is 90.1 Å². The summed E-state index contributed by atoms with van der Waals surface area (Å²) in [6.07, 6.45) is 0. The standard InChI is InChI=1S/C32H38N2O6/c1-31(2,3)27(33)29(37)39-17-25(35)20-9-7-19(8-10-20)21-11-12-23-16-24(14-13-22(23)15-21)26(36)18-40-30(38)28(34)32(4,5)6/h7-16,27-28H,17-18,33-34H2,1-6H3/t27?,28-/m1/s1. The molecular weight excluding hydrogens is 508 g/mol. The van der Waals surface area contributed by atoms with Crippen molar-refractivity contribution in [1.82, 2.24) is 0 Å². The second-order valence-corrected chi connectivity index (χ2v) is 12.1. The summed E-state index contributed by atoms with van der Waals surface area (Å²) in [5.74, 6) is -1.84. The van der Waals surface area contributed by atoms with Crippen LogP contribution in [0.3, 0.4) is 0 Å². The molecule has 0 amide bonds. The number of esters is 2. The van der Waals surface area contributed by atoms with E-state index in [9.17, 15) is 19.2 Å². The number of carbonyl (C=O) groups excluding carboxylic acids is 4. The third-order valence-electron chi connectivity index (χ3n) is 6.77. The highest BCUT2D eigenvalue weighted by Crippen LogP contribution is 2.26. The van der Waals surface area contributed by atoms with Crippen LogP contribution in [0.1, 0.15) is 62.3 Å². The predicted molar refractivity (Wildman–Crippen MR) is 155 cm³/mol. The largest absolute Gasteiger partial charge is 0.456 e. The van der Waals surface area contributed by atoms with Crippen LogP contribution in [-0.2, 0) is 19.1 Å². The number of fused-ring (bicyclic) bond motifs is 1. The van der Waals surface area contributed by atoms with Gasteiger partial charge in [0.25, 0.3) is 0 Å². The van der Waals surface area contributed by atoms with Crippen molar-refractivity contribution in [3.63, 3.8) is 0 Å². The Hall–Kier alpha value is -3.88. The third kappa shape index (κ3) is 7.61. The molecule has 0 aliphatic heterocycles. The van der Waals surface area contributed by atoms with Gasteiger partial charge in [0.2, 0.25) is 0 Å². The van der Waals surface area contributed by atoms with E-state index in [0.29, 0.717) is 11.1 Å². The second-order valence-electron chi connectivity index (χ2n) is 12.1. The molecule has 0 aliphatic carbocycles. The molecular formula is C32H38N2O6. The van der Waals surface area contributed by atoms with E-state index in [1.807, 2.05) is 77.9 Å². The van der Waals surface area contributed by atoms with Crippen LogP contribution >= 0.6 is 0 Å². The maximum atomic E-state index is 12.6. The topological polar surface area (TPSA) is 139 Å². The van der Waals surface area contributed by atoms with E-state index in [0.717, 1.165) is 21.9 Å². The number of rotatable bonds is 9. The summed E-state index contributed by atoms with van der Waals surface area (Å²) in [5.41, 5.74) is 13.5. The maximum absolute atomic E-state index is 12.6. The Morgan fingerprint density at radius 3 is 1.50 bits per heavy atom. The fourth-order valence-corrected chi connectivity index (χ4v) is 3.77. The van der Waals surface area contributed by atoms with Crippen molar-refractivity contribution in [3.8, 4) is 11.1 Å². The summed E-state index contributed by atoms with van der Waals surface area (Å²) in [7, 11) is 0. The van der Waals surface area contributed by atoms with Gasteiger partial charge in [0.05, 0.1) is 0 Å². The first kappa shape index (κ1) is 30.7. The normalized spacial score (nSPS) is 13.4. The summed E-state index contributed by atoms with van der Waals surface area (Å²) in [6.45, 7) is 10.2. The van der Waals surface area contributed by atoms with Gasteiger partial charge in [-0.15, -0.1) is 0 Å². The molecule has 8 nitrogen and oxygen atoms in total. The van der Waals surface area contributed by atoms with Gasteiger partial charge < -0.3 is 20.9 Å². The molecule has 0 saturated heterocycles. The fraction of sp³-hybridized carbons (Fsp3) is 0.375. The summed E-state index contributed by atoms with van der Waals surface area (Å²) in [4.78, 5) is 49.4. The highest BCUT2D eigenvalue weighted by atomic mass is 16.5. The number of hydrogen-bond acceptors (Lipinski definition) is 8. The van der Waals surface area contributed by atoms with E-state index in [1.54, 1.807) is 24.3 Å². The molecule has 0 aliphatic rings. The van der Waals surface area contributed by atoms with Crippen molar-refractivity contribution in [3.05, 3.63) is 71.8 Å². The number of hydrogen-bond donors (Lipinski definition) is 2. The van der Waals surface area contributed by atoms with Crippen molar-refractivity contribution in [2.45, 2.75) is 53.6 Å². The first-order valence-electron chi connectivity index (χ1n) is 13.1. The highest BCUT2D eigenvalue weighted by Gasteiger charge is 2.30. The summed E-state index contributed by atoms with van der Waals surface area (Å²) in [5, 5.41) is 1.78. The van der Waals surface area contributed by atoms with Crippen molar-refractivity contribution in [2.75, 3.05) is 13.2 Å². The van der Waals surface area contributed by atoms with Crippen molar-refractivity contribution in [1.29, 1.82) is 0 Å². The number of benzene rings is 3. The van der Waals surface area contributed by atoms with E-state index < -0.39 is 34.9 Å². The van der Waals surface area contributed by atoms with Crippen LogP contribution in [0, 0.1) is 10.8 Å². The molecule has 0 heterocycles. The lowest BCUT2D eigenvalue weighted by molar-refractivity contribution is -0.147. The van der Waals surface area contributed by atoms with Crippen LogP contribution in [0.4, 0.5) is 0 Å². The smallest absolute Gasteiger partial charge is 0.323 e. The van der Waals surface area contributed by atoms with Crippen LogP contribution < -0.4 is 11.5 Å². The van der Waals surface area contributed by atoms with Crippen LogP contribution in [0.2, 0.25) is 0 Å². The average molecular weight is 547 g/mol. The Morgan fingerprint density at radius 2 is 1.00 bits per heavy atom. The molecule has 1 unspecified atom stereocenters. The lowest BCUT2D eigenvalue weighted by Gasteiger charge is -2.24. The van der Waals surface area contributed by atoms with E-state index in [-0.39, 0.29) is 24.8 Å². The molecule has 0 bridgehead atoms. The minimum atomic E-state index is -0.822. The Labute approximate surface area is 235 Å². The lowest BCUT2D eigenvalue weighted by atomic mass is 9.87. The number of Topliss-reactive ketones (excluding diaryl/α,β-unsaturated/α-hetero) is 2. The van der Waals surface area contributed by atoms with Crippen LogP contribution in [-0.4, -0.2) is 48.8 Å². The van der Waals surface area contributed by atoms with Crippen LogP contribution in [0.5, 0.6) is 0 Å². The van der Waals surface area contributed by atoms with E-state index >= 15 is 0 Å². The van der Waals surface area contributed by atoms with E-state index in [4.69, 9.17) is 20.9 Å². The Kier molecular flexibility index (Phi) is 9.28. The van der Waals surface area contributed by atoms with E-state index in [1.165, 1.54) is 0 Å². The van der Waals surface area contributed by atoms with E-state index in [2.05, 4.69) is 0 Å². The van der Waals surface area contributed by atoms with Gasteiger partial charge in [-0.3, -0.25) is 19.2 Å². The third-order valence-corrected chi connectivity index (χ3v) is 6.77. The van der Waals surface area contributed by atoms with Crippen LogP contribution in [0.25, 0.3) is 21.9 Å². The molecule has 4 N–H and O–H groups in total. The van der Waals surface area contributed by atoms with Crippen molar-refractivity contribution >= 4 is 34.3 Å². The summed E-state index contributed by atoms with van der Waals surface area (Å²) >= 11 is 0. The second kappa shape index (κ2) is 12.1. The fourth-order valence-electron chi connectivity index (χ4n) is 3.77. The van der Waals surface area contributed by atoms with Crippen LogP contribution in [0.15, 0.2) is 60.7 Å². The number of ether oxygens (including phenoxy) is 2. The molecule has 3 aromatic rings. The lowest BCUT2D eigenvalue weighted by Crippen LogP contribution is -2.43. The molecule has 0 saturated carbocycles. The van der Waals surface area contributed by atoms with Gasteiger partial charge in [-0.05, 0) is 44.9 Å². The van der Waals surface area contributed by atoms with Gasteiger partial charge in [0.1, 0.15) is 12.1 Å². The Balaban J connectivity index is 1.65. The monoisotopic (exact) mass is 546 g/mol. The molecule has 212 valence electrons. The molecule has 8 heteroatoms. The molecule has 3 aromatic carbocycles. The molecule has 0 fully saturated rings. The SMILES string of the molecule is CC(C)(C)C(N)C(=O)OCC(=O)c1ccc(-c2ccc3cc(C(=O)COC(=O)[C@@H](N)C(C)(C)C)ccc3c2)cc1. The van der Waals surface area contributed by atoms with Crippen molar-refractivity contribution in [2.24, 2.45) is 22.3 Å². The molecule has 0 spiro atoms. The zero-order valence-corrected chi connectivity index (χ0v) is 23.9. The predicted octanol–water partition coefficient (Wildman–Crippen LogP) is 4.71. The minimum absolute atomic E-state index is 0.313. The Bertz CT molecular complexity index is 1410. The average Bonchev–Trinajstić information content (AvgIpc) is 2.91. The van der Waals surface area contributed by atoms with Gasteiger partial charge in [-0.2, -0.15) is 0 Å². The van der Waals surface area contributed by atoms with Crippen molar-refractivity contribution < 1.29 is 28.7 Å². The van der Waals surface area contributed by atoms with Gasteiger partial charge in [0, 0.05) is 11.1 Å². The summed E-state index contributed by atoms with van der Waals surface area (Å²) in [6, 6.07) is 16.5. The molecule has 40 heavy (non-hydrogen) atoms. The minimum Gasteiger partial charge on any atom is -0.456 e. The zero-order chi connectivity index (χ0) is 29.8. The molecule has 3 rings (SSSR count). The molecule has 0 aromatic heterocycles. The molecule has 2 atom stereocenters. The first-order chi connectivity index (χ1) is 18.6. The number of ketones is 2. The Morgan fingerprint density at radius 1 is 0.600 bits per heavy atom. The highest BCUT2D eigenvalue weighted by molar-refractivity contribution is 6.02. The van der Waals surface area contributed by atoms with Gasteiger partial charge in [-0.25, -0.2) is 0 Å². The summed E-state index contributed by atoms with van der Waals surface area (Å²) < 4.78 is 10.3. The number of carbonyl (C=O) groups is 4. The zero-order valence-electron chi connectivity index (χ0n) is 23.9. The van der Waals surface area contributed by atoms with Gasteiger partial charge >= 0.3 is 11.9 Å². The maximum Gasteiger partial charge on any atom is 0.323 e.